The van der Waals surface area contributed by atoms with E-state index in [0.717, 1.165) is 28.8 Å². The minimum atomic E-state index is -0.169. The third-order valence-electron chi connectivity index (χ3n) is 3.98. The summed E-state index contributed by atoms with van der Waals surface area (Å²) in [6, 6.07) is 5.68. The Kier molecular flexibility index (Phi) is 5.97. The van der Waals surface area contributed by atoms with E-state index in [0.29, 0.717) is 6.54 Å². The number of likely N-dealkylation sites (N-methyl/N-ethyl adjacent to an activating group) is 1. The van der Waals surface area contributed by atoms with Gasteiger partial charge in [0, 0.05) is 30.0 Å². The summed E-state index contributed by atoms with van der Waals surface area (Å²) in [4.78, 5) is 27.0. The molecule has 1 aromatic rings. The normalized spacial score (nSPS) is 14.9. The van der Waals surface area contributed by atoms with Gasteiger partial charge in [0.05, 0.1) is 19.6 Å². The topological polar surface area (TPSA) is 53.9 Å². The lowest BCUT2D eigenvalue weighted by Gasteiger charge is -2.19. The molecule has 0 atom stereocenters. The Morgan fingerprint density at radius 1 is 1.32 bits per heavy atom. The number of halogens is 1. The first-order valence-electron chi connectivity index (χ1n) is 7.59. The van der Waals surface area contributed by atoms with Crippen LogP contribution in [0.25, 0.3) is 0 Å². The molecule has 1 fully saturated rings. The van der Waals surface area contributed by atoms with E-state index in [1.807, 2.05) is 25.1 Å². The maximum absolute atomic E-state index is 12.1. The number of amides is 2. The maximum Gasteiger partial charge on any atom is 0.277 e. The highest BCUT2D eigenvalue weighted by Crippen LogP contribution is 2.19. The van der Waals surface area contributed by atoms with E-state index in [1.165, 1.54) is 22.6 Å². The standard InChI is InChI=1S/C16H22BrN3O2/c1-12-9-13(17)5-6-14(12)18-15(21)10-19(2)16(22)11-20-7-3-4-8-20/h5-6,9H,3-4,7-8,10-11H2,1-2H3,(H,18,21)/p+1. The van der Waals surface area contributed by atoms with Crippen LogP contribution in [0, 0.1) is 6.92 Å². The van der Waals surface area contributed by atoms with Crippen LogP contribution < -0.4 is 10.2 Å². The van der Waals surface area contributed by atoms with Gasteiger partial charge in [-0.2, -0.15) is 0 Å². The van der Waals surface area contributed by atoms with Crippen LogP contribution in [-0.2, 0) is 9.59 Å². The smallest absolute Gasteiger partial charge is 0.277 e. The van der Waals surface area contributed by atoms with Crippen molar-refractivity contribution in [1.29, 1.82) is 0 Å². The van der Waals surface area contributed by atoms with Crippen molar-refractivity contribution in [2.24, 2.45) is 0 Å². The number of benzene rings is 1. The highest BCUT2D eigenvalue weighted by atomic mass is 79.9. The number of aryl methyl sites for hydroxylation is 1. The van der Waals surface area contributed by atoms with Gasteiger partial charge in [-0.3, -0.25) is 9.59 Å². The van der Waals surface area contributed by atoms with E-state index in [1.54, 1.807) is 7.05 Å². The number of likely N-dealkylation sites (tertiary alicyclic amines) is 1. The quantitative estimate of drug-likeness (QED) is 0.808. The second kappa shape index (κ2) is 7.74. The Morgan fingerprint density at radius 2 is 2.00 bits per heavy atom. The van der Waals surface area contributed by atoms with Gasteiger partial charge in [-0.1, -0.05) is 15.9 Å². The Hall–Kier alpha value is -1.40. The first-order chi connectivity index (χ1) is 10.5. The predicted molar refractivity (Wildman–Crippen MR) is 89.9 cm³/mol. The molecule has 2 amide bonds. The summed E-state index contributed by atoms with van der Waals surface area (Å²) in [5.74, 6) is -0.141. The van der Waals surface area contributed by atoms with Gasteiger partial charge in [-0.15, -0.1) is 0 Å². The molecule has 1 aromatic carbocycles. The number of hydrogen-bond donors (Lipinski definition) is 2. The van der Waals surface area contributed by atoms with Crippen LogP contribution in [0.4, 0.5) is 5.69 Å². The highest BCUT2D eigenvalue weighted by Gasteiger charge is 2.22. The highest BCUT2D eigenvalue weighted by molar-refractivity contribution is 9.10. The number of nitrogens with zero attached hydrogens (tertiary/aromatic N) is 1. The van der Waals surface area contributed by atoms with E-state index < -0.39 is 0 Å². The molecule has 22 heavy (non-hydrogen) atoms. The van der Waals surface area contributed by atoms with Crippen LogP contribution in [-0.4, -0.2) is 49.9 Å². The molecule has 2 rings (SSSR count). The van der Waals surface area contributed by atoms with Crippen molar-refractivity contribution in [2.75, 3.05) is 38.5 Å². The SMILES string of the molecule is Cc1cc(Br)ccc1NC(=O)CN(C)C(=O)C[NH+]1CCCC1. The summed E-state index contributed by atoms with van der Waals surface area (Å²) in [6.07, 6.45) is 2.38. The molecule has 0 bridgehead atoms. The fourth-order valence-corrected chi connectivity index (χ4v) is 3.14. The van der Waals surface area contributed by atoms with E-state index in [9.17, 15) is 9.59 Å². The molecule has 2 N–H and O–H groups in total. The number of carbonyl (C=O) groups is 2. The van der Waals surface area contributed by atoms with Crippen LogP contribution in [0.3, 0.4) is 0 Å². The Bertz CT molecular complexity index is 556. The van der Waals surface area contributed by atoms with Crippen molar-refractivity contribution in [2.45, 2.75) is 19.8 Å². The minimum absolute atomic E-state index is 0.0274. The maximum atomic E-state index is 12.1. The van der Waals surface area contributed by atoms with E-state index in [-0.39, 0.29) is 18.4 Å². The Labute approximate surface area is 139 Å². The van der Waals surface area contributed by atoms with Crippen LogP contribution in [0.5, 0.6) is 0 Å². The lowest BCUT2D eigenvalue weighted by Crippen LogP contribution is -3.11. The molecule has 5 nitrogen and oxygen atoms in total. The van der Waals surface area contributed by atoms with E-state index >= 15 is 0 Å². The Morgan fingerprint density at radius 3 is 2.64 bits per heavy atom. The second-order valence-electron chi connectivity index (χ2n) is 5.89. The largest absolute Gasteiger partial charge is 0.332 e. The molecular weight excluding hydrogens is 346 g/mol. The molecule has 0 radical (unpaired) electrons. The summed E-state index contributed by atoms with van der Waals surface area (Å²) < 4.78 is 0.976. The van der Waals surface area contributed by atoms with E-state index in [4.69, 9.17) is 0 Å². The number of hydrogen-bond acceptors (Lipinski definition) is 2. The van der Waals surface area contributed by atoms with Crippen LogP contribution in [0.15, 0.2) is 22.7 Å². The molecule has 6 heteroatoms. The summed E-state index contributed by atoms with van der Waals surface area (Å²) in [5, 5.41) is 2.86. The van der Waals surface area contributed by atoms with Crippen LogP contribution in [0.1, 0.15) is 18.4 Å². The van der Waals surface area contributed by atoms with E-state index in [2.05, 4.69) is 21.2 Å². The van der Waals surface area contributed by atoms with Gasteiger partial charge in [0.1, 0.15) is 0 Å². The first-order valence-corrected chi connectivity index (χ1v) is 8.38. The summed E-state index contributed by atoms with van der Waals surface area (Å²) in [7, 11) is 1.69. The summed E-state index contributed by atoms with van der Waals surface area (Å²) in [6.45, 7) is 4.63. The number of rotatable bonds is 5. The zero-order valence-corrected chi connectivity index (χ0v) is 14.7. The van der Waals surface area contributed by atoms with Crippen molar-refractivity contribution in [3.05, 3.63) is 28.2 Å². The molecule has 0 unspecified atom stereocenters. The number of nitrogens with one attached hydrogen (secondary N) is 2. The lowest BCUT2D eigenvalue weighted by molar-refractivity contribution is -0.879. The molecule has 1 aliphatic heterocycles. The van der Waals surface area contributed by atoms with Gasteiger partial charge in [0.15, 0.2) is 6.54 Å². The molecule has 0 aliphatic carbocycles. The van der Waals surface area contributed by atoms with Crippen LogP contribution >= 0.6 is 15.9 Å². The molecular formula is C16H23BrN3O2+. The number of anilines is 1. The Balaban J connectivity index is 1.83. The van der Waals surface area contributed by atoms with Crippen molar-refractivity contribution < 1.29 is 14.5 Å². The van der Waals surface area contributed by atoms with Gasteiger partial charge in [0.25, 0.3) is 5.91 Å². The molecule has 1 heterocycles. The van der Waals surface area contributed by atoms with Crippen molar-refractivity contribution >= 4 is 33.4 Å². The zero-order valence-electron chi connectivity index (χ0n) is 13.1. The fourth-order valence-electron chi connectivity index (χ4n) is 2.66. The van der Waals surface area contributed by atoms with Crippen molar-refractivity contribution in [1.82, 2.24) is 4.90 Å². The number of carbonyl (C=O) groups excluding carboxylic acids is 2. The predicted octanol–water partition coefficient (Wildman–Crippen LogP) is 0.833. The third kappa shape index (κ3) is 4.81. The monoisotopic (exact) mass is 368 g/mol. The summed E-state index contributed by atoms with van der Waals surface area (Å²) >= 11 is 3.40. The van der Waals surface area contributed by atoms with Gasteiger partial charge >= 0.3 is 0 Å². The minimum Gasteiger partial charge on any atom is -0.332 e. The van der Waals surface area contributed by atoms with Crippen LogP contribution in [0.2, 0.25) is 0 Å². The third-order valence-corrected chi connectivity index (χ3v) is 4.47. The van der Waals surface area contributed by atoms with Gasteiger partial charge < -0.3 is 15.1 Å². The van der Waals surface area contributed by atoms with Gasteiger partial charge in [0.2, 0.25) is 5.91 Å². The second-order valence-corrected chi connectivity index (χ2v) is 6.81. The molecule has 0 aromatic heterocycles. The fraction of sp³-hybridized carbons (Fsp3) is 0.500. The number of quaternary nitrogens is 1. The molecule has 0 saturated carbocycles. The van der Waals surface area contributed by atoms with Crippen molar-refractivity contribution in [3.63, 3.8) is 0 Å². The zero-order chi connectivity index (χ0) is 16.1. The summed E-state index contributed by atoms with van der Waals surface area (Å²) in [5.41, 5.74) is 1.76. The molecule has 120 valence electrons. The molecule has 1 aliphatic rings. The average Bonchev–Trinajstić information content (AvgIpc) is 2.94. The van der Waals surface area contributed by atoms with Gasteiger partial charge in [-0.05, 0) is 30.7 Å². The van der Waals surface area contributed by atoms with Crippen molar-refractivity contribution in [3.8, 4) is 0 Å². The molecule has 0 spiro atoms. The van der Waals surface area contributed by atoms with Gasteiger partial charge in [-0.25, -0.2) is 0 Å². The molecule has 1 saturated heterocycles. The average molecular weight is 369 g/mol. The lowest BCUT2D eigenvalue weighted by atomic mass is 10.2. The first kappa shape index (κ1) is 17.0.